The summed E-state index contributed by atoms with van der Waals surface area (Å²) in [4.78, 5) is 23.1. The zero-order valence-corrected chi connectivity index (χ0v) is 12.4. The molecule has 6 heteroatoms. The molecule has 0 aromatic heterocycles. The lowest BCUT2D eigenvalue weighted by Gasteiger charge is -2.28. The summed E-state index contributed by atoms with van der Waals surface area (Å²) in [6, 6.07) is 4.11. The number of hydrogen-bond donors (Lipinski definition) is 2. The van der Waals surface area contributed by atoms with E-state index in [-0.39, 0.29) is 16.5 Å². The van der Waals surface area contributed by atoms with E-state index in [1.807, 2.05) is 0 Å². The van der Waals surface area contributed by atoms with Gasteiger partial charge in [0.2, 0.25) is 0 Å². The molecule has 0 aliphatic heterocycles. The van der Waals surface area contributed by atoms with Crippen molar-refractivity contribution in [3.8, 4) is 0 Å². The van der Waals surface area contributed by atoms with Gasteiger partial charge in [-0.1, -0.05) is 12.8 Å². The Morgan fingerprint density at radius 3 is 2.55 bits per heavy atom. The highest BCUT2D eigenvalue weighted by Gasteiger charge is 2.37. The number of aliphatic carboxylic acids is 1. The van der Waals surface area contributed by atoms with Gasteiger partial charge in [0.15, 0.2) is 0 Å². The fourth-order valence-corrected chi connectivity index (χ4v) is 2.88. The van der Waals surface area contributed by atoms with Crippen molar-refractivity contribution in [2.24, 2.45) is 0 Å². The van der Waals surface area contributed by atoms with Gasteiger partial charge in [0.05, 0.1) is 16.4 Å². The van der Waals surface area contributed by atoms with Gasteiger partial charge in [0.25, 0.3) is 5.91 Å². The van der Waals surface area contributed by atoms with Gasteiger partial charge in [-0.3, -0.25) is 9.59 Å². The third-order valence-electron chi connectivity index (χ3n) is 3.61. The van der Waals surface area contributed by atoms with Gasteiger partial charge in [0.1, 0.15) is 5.82 Å². The number of carboxylic acid groups (broad SMARTS) is 1. The van der Waals surface area contributed by atoms with Crippen molar-refractivity contribution in [3.05, 3.63) is 34.1 Å². The number of rotatable bonds is 4. The zero-order valence-electron chi connectivity index (χ0n) is 10.8. The maximum atomic E-state index is 13.4. The van der Waals surface area contributed by atoms with Gasteiger partial charge in [-0.25, -0.2) is 4.39 Å². The fraction of sp³-hybridized carbons (Fsp3) is 0.429. The molecule has 1 amide bonds. The van der Waals surface area contributed by atoms with Gasteiger partial charge in [-0.2, -0.15) is 0 Å². The summed E-state index contributed by atoms with van der Waals surface area (Å²) in [5.74, 6) is -1.88. The quantitative estimate of drug-likeness (QED) is 0.882. The Morgan fingerprint density at radius 2 is 2.00 bits per heavy atom. The first kappa shape index (κ1) is 15.0. The molecule has 0 radical (unpaired) electrons. The minimum absolute atomic E-state index is 0.0995. The third-order valence-corrected chi connectivity index (χ3v) is 4.25. The average molecular weight is 344 g/mol. The molecule has 1 aromatic rings. The molecule has 2 rings (SSSR count). The minimum atomic E-state index is -0.936. The van der Waals surface area contributed by atoms with Crippen LogP contribution in [0.5, 0.6) is 0 Å². The normalized spacial score (nSPS) is 16.9. The van der Waals surface area contributed by atoms with Crippen LogP contribution in [-0.4, -0.2) is 22.5 Å². The molecular formula is C14H15BrFNO3. The number of halogens is 2. The van der Waals surface area contributed by atoms with Gasteiger partial charge in [-0.05, 0) is 47.0 Å². The summed E-state index contributed by atoms with van der Waals surface area (Å²) in [6.07, 6.45) is 2.97. The van der Waals surface area contributed by atoms with Crippen LogP contribution in [0.4, 0.5) is 4.39 Å². The number of carbonyl (C=O) groups excluding carboxylic acids is 1. The predicted molar refractivity (Wildman–Crippen MR) is 75.0 cm³/mol. The summed E-state index contributed by atoms with van der Waals surface area (Å²) in [5.41, 5.74) is -0.505. The second-order valence-corrected chi connectivity index (χ2v) is 6.00. The van der Waals surface area contributed by atoms with Crippen LogP contribution in [0.3, 0.4) is 0 Å². The Balaban J connectivity index is 2.16. The topological polar surface area (TPSA) is 66.4 Å². The van der Waals surface area contributed by atoms with Crippen molar-refractivity contribution < 1.29 is 19.1 Å². The average Bonchev–Trinajstić information content (AvgIpc) is 2.79. The van der Waals surface area contributed by atoms with Gasteiger partial charge >= 0.3 is 5.97 Å². The fourth-order valence-electron chi connectivity index (χ4n) is 2.64. The number of carbonyl (C=O) groups is 2. The molecule has 0 atom stereocenters. The van der Waals surface area contributed by atoms with Gasteiger partial charge < -0.3 is 10.4 Å². The Hall–Kier alpha value is -1.43. The number of amides is 1. The van der Waals surface area contributed by atoms with Crippen LogP contribution in [0.15, 0.2) is 22.7 Å². The van der Waals surface area contributed by atoms with Crippen LogP contribution in [0, 0.1) is 5.82 Å². The summed E-state index contributed by atoms with van der Waals surface area (Å²) < 4.78 is 13.7. The van der Waals surface area contributed by atoms with Crippen molar-refractivity contribution in [1.29, 1.82) is 0 Å². The van der Waals surface area contributed by atoms with Crippen LogP contribution in [0.2, 0.25) is 0 Å². The molecule has 2 N–H and O–H groups in total. The van der Waals surface area contributed by atoms with E-state index < -0.39 is 23.2 Å². The van der Waals surface area contributed by atoms with Crippen LogP contribution < -0.4 is 5.32 Å². The lowest BCUT2D eigenvalue weighted by Crippen LogP contribution is -2.47. The Morgan fingerprint density at radius 1 is 1.35 bits per heavy atom. The highest BCUT2D eigenvalue weighted by atomic mass is 79.9. The van der Waals surface area contributed by atoms with E-state index >= 15 is 0 Å². The van der Waals surface area contributed by atoms with E-state index in [2.05, 4.69) is 21.2 Å². The molecule has 0 spiro atoms. The summed E-state index contributed by atoms with van der Waals surface area (Å²) >= 11 is 3.03. The second kappa shape index (κ2) is 5.91. The molecular weight excluding hydrogens is 329 g/mol. The lowest BCUT2D eigenvalue weighted by molar-refractivity contribution is -0.138. The molecule has 0 unspecified atom stereocenters. The molecule has 0 heterocycles. The highest BCUT2D eigenvalue weighted by Crippen LogP contribution is 2.33. The van der Waals surface area contributed by atoms with Crippen molar-refractivity contribution in [2.75, 3.05) is 0 Å². The molecule has 4 nitrogen and oxygen atoms in total. The van der Waals surface area contributed by atoms with E-state index in [0.717, 1.165) is 18.9 Å². The number of hydrogen-bond acceptors (Lipinski definition) is 2. The first-order valence-electron chi connectivity index (χ1n) is 6.41. The smallest absolute Gasteiger partial charge is 0.305 e. The Bertz CT molecular complexity index is 541. The second-order valence-electron chi connectivity index (χ2n) is 5.14. The van der Waals surface area contributed by atoms with E-state index in [1.54, 1.807) is 0 Å². The van der Waals surface area contributed by atoms with Crippen LogP contribution >= 0.6 is 15.9 Å². The van der Waals surface area contributed by atoms with E-state index in [4.69, 9.17) is 5.11 Å². The number of nitrogens with one attached hydrogen (secondary N) is 1. The van der Waals surface area contributed by atoms with Crippen molar-refractivity contribution in [3.63, 3.8) is 0 Å². The summed E-state index contributed by atoms with van der Waals surface area (Å²) in [5, 5.41) is 11.8. The monoisotopic (exact) mass is 343 g/mol. The van der Waals surface area contributed by atoms with Crippen LogP contribution in [-0.2, 0) is 4.79 Å². The minimum Gasteiger partial charge on any atom is -0.481 e. The predicted octanol–water partition coefficient (Wildman–Crippen LogP) is 3.11. The molecule has 1 fully saturated rings. The summed E-state index contributed by atoms with van der Waals surface area (Å²) in [6.45, 7) is 0. The molecule has 1 aromatic carbocycles. The van der Waals surface area contributed by atoms with Crippen molar-refractivity contribution in [1.82, 2.24) is 5.32 Å². The maximum absolute atomic E-state index is 13.4. The lowest BCUT2D eigenvalue weighted by atomic mass is 9.92. The van der Waals surface area contributed by atoms with Crippen molar-refractivity contribution in [2.45, 2.75) is 37.6 Å². The molecule has 0 bridgehead atoms. The zero-order chi connectivity index (χ0) is 14.8. The molecule has 0 saturated heterocycles. The molecule has 20 heavy (non-hydrogen) atoms. The SMILES string of the molecule is O=C(O)CC1(NC(=O)c2ccc(Br)c(F)c2)CCCC1. The number of carboxylic acids is 1. The van der Waals surface area contributed by atoms with E-state index in [1.165, 1.54) is 12.1 Å². The van der Waals surface area contributed by atoms with Crippen LogP contribution in [0.25, 0.3) is 0 Å². The van der Waals surface area contributed by atoms with Gasteiger partial charge in [0, 0.05) is 5.56 Å². The molecule has 108 valence electrons. The first-order chi connectivity index (χ1) is 9.42. The van der Waals surface area contributed by atoms with Crippen LogP contribution in [0.1, 0.15) is 42.5 Å². The van der Waals surface area contributed by atoms with Crippen molar-refractivity contribution >= 4 is 27.8 Å². The molecule has 1 aliphatic rings. The van der Waals surface area contributed by atoms with E-state index in [9.17, 15) is 14.0 Å². The number of benzene rings is 1. The first-order valence-corrected chi connectivity index (χ1v) is 7.21. The third kappa shape index (κ3) is 3.36. The largest absolute Gasteiger partial charge is 0.481 e. The Kier molecular flexibility index (Phi) is 4.42. The maximum Gasteiger partial charge on any atom is 0.305 e. The Labute approximate surface area is 124 Å². The van der Waals surface area contributed by atoms with E-state index in [0.29, 0.717) is 12.8 Å². The van der Waals surface area contributed by atoms with Gasteiger partial charge in [-0.15, -0.1) is 0 Å². The highest BCUT2D eigenvalue weighted by molar-refractivity contribution is 9.10. The molecule has 1 aliphatic carbocycles. The summed E-state index contributed by atoms with van der Waals surface area (Å²) in [7, 11) is 0. The standard InChI is InChI=1S/C14H15BrFNO3/c15-10-4-3-9(7-11(10)16)13(20)17-14(8-12(18)19)5-1-2-6-14/h3-4,7H,1-2,5-6,8H2,(H,17,20)(H,18,19). The molecule has 1 saturated carbocycles.